The Balaban J connectivity index is 1.25. The van der Waals surface area contributed by atoms with Crippen molar-refractivity contribution < 1.29 is 23.9 Å². The van der Waals surface area contributed by atoms with Gasteiger partial charge < -0.3 is 9.47 Å². The molecule has 0 radical (unpaired) electrons. The van der Waals surface area contributed by atoms with E-state index in [1.54, 1.807) is 18.2 Å². The molecule has 3 aliphatic rings. The fourth-order valence-corrected chi connectivity index (χ4v) is 4.48. The number of nitrogens with one attached hydrogen (secondary N) is 1. The number of ether oxygens (including phenoxy) is 2. The van der Waals surface area contributed by atoms with Crippen LogP contribution in [0.3, 0.4) is 0 Å². The van der Waals surface area contributed by atoms with Crippen LogP contribution in [-0.4, -0.2) is 48.2 Å². The predicted molar refractivity (Wildman–Crippen MR) is 97.6 cm³/mol. The van der Waals surface area contributed by atoms with Gasteiger partial charge in [0.15, 0.2) is 0 Å². The number of fused-ring (bicyclic) bond motifs is 5. The fourth-order valence-electron chi connectivity index (χ4n) is 4.13. The van der Waals surface area contributed by atoms with E-state index in [0.29, 0.717) is 17.1 Å². The Bertz CT molecular complexity index is 774. The van der Waals surface area contributed by atoms with Gasteiger partial charge in [-0.1, -0.05) is 29.3 Å². The second-order valence-corrected chi connectivity index (χ2v) is 7.67. The van der Waals surface area contributed by atoms with Crippen molar-refractivity contribution in [3.05, 3.63) is 28.2 Å². The van der Waals surface area contributed by atoms with Crippen molar-refractivity contribution in [2.45, 2.75) is 31.5 Å². The minimum Gasteiger partial charge on any atom is -0.449 e. The minimum absolute atomic E-state index is 0.0692. The number of anilines is 1. The number of rotatable bonds is 5. The van der Waals surface area contributed by atoms with Crippen LogP contribution in [0.5, 0.6) is 0 Å². The van der Waals surface area contributed by atoms with Crippen molar-refractivity contribution in [3.63, 3.8) is 0 Å². The van der Waals surface area contributed by atoms with Gasteiger partial charge in [0, 0.05) is 6.54 Å². The lowest BCUT2D eigenvalue weighted by atomic mass is 9.81. The molecule has 0 spiro atoms. The average Bonchev–Trinajstić information content (AvgIpc) is 3.31. The zero-order valence-electron chi connectivity index (χ0n) is 14.3. The predicted octanol–water partition coefficient (Wildman–Crippen LogP) is 3.09. The van der Waals surface area contributed by atoms with E-state index in [1.165, 1.54) is 4.90 Å². The number of carbonyl (C=O) groups is 3. The van der Waals surface area contributed by atoms with Crippen LogP contribution in [0.2, 0.25) is 10.0 Å². The van der Waals surface area contributed by atoms with Crippen LogP contribution in [-0.2, 0) is 19.1 Å². The third-order valence-electron chi connectivity index (χ3n) is 5.32. The first-order chi connectivity index (χ1) is 13.0. The highest BCUT2D eigenvalue weighted by Crippen LogP contribution is 2.48. The number of halogens is 2. The largest absolute Gasteiger partial charge is 0.449 e. The average molecular weight is 413 g/mol. The summed E-state index contributed by atoms with van der Waals surface area (Å²) in [6.07, 6.45) is 1.13. The van der Waals surface area contributed by atoms with E-state index in [4.69, 9.17) is 32.7 Å². The van der Waals surface area contributed by atoms with E-state index < -0.39 is 6.09 Å². The van der Waals surface area contributed by atoms with E-state index >= 15 is 0 Å². The van der Waals surface area contributed by atoms with Crippen LogP contribution >= 0.6 is 23.2 Å². The molecule has 0 aromatic heterocycles. The Kier molecular flexibility index (Phi) is 5.01. The quantitative estimate of drug-likeness (QED) is 0.593. The second-order valence-electron chi connectivity index (χ2n) is 6.89. The Labute approximate surface area is 165 Å². The van der Waals surface area contributed by atoms with Crippen molar-refractivity contribution in [1.82, 2.24) is 4.90 Å². The SMILES string of the molecule is O=C(Nc1cccc(Cl)c1Cl)OCCCN1C(=O)C2C3CCC(O3)C2C1=O. The molecule has 3 fully saturated rings. The van der Waals surface area contributed by atoms with Crippen molar-refractivity contribution in [3.8, 4) is 0 Å². The van der Waals surface area contributed by atoms with Crippen LogP contribution < -0.4 is 5.32 Å². The number of likely N-dealkylation sites (tertiary alicyclic amines) is 1. The molecule has 1 aromatic rings. The molecule has 2 bridgehead atoms. The topological polar surface area (TPSA) is 84.9 Å². The number of hydrogen-bond acceptors (Lipinski definition) is 5. The summed E-state index contributed by atoms with van der Waals surface area (Å²) in [6.45, 7) is 0.301. The number of amides is 3. The molecular formula is C18H18Cl2N2O5. The van der Waals surface area contributed by atoms with E-state index in [0.717, 1.165) is 12.8 Å². The van der Waals surface area contributed by atoms with Gasteiger partial charge in [0.2, 0.25) is 11.8 Å². The molecule has 4 atom stereocenters. The summed E-state index contributed by atoms with van der Waals surface area (Å²) in [5.41, 5.74) is 0.349. The highest BCUT2D eigenvalue weighted by molar-refractivity contribution is 6.43. The maximum absolute atomic E-state index is 12.5. The third kappa shape index (κ3) is 3.28. The van der Waals surface area contributed by atoms with Gasteiger partial charge in [-0.25, -0.2) is 4.79 Å². The fraction of sp³-hybridized carbons (Fsp3) is 0.500. The molecule has 7 nitrogen and oxygen atoms in total. The van der Waals surface area contributed by atoms with Gasteiger partial charge in [0.1, 0.15) is 0 Å². The molecule has 1 N–H and O–H groups in total. The number of carbonyl (C=O) groups excluding carboxylic acids is 3. The molecule has 27 heavy (non-hydrogen) atoms. The van der Waals surface area contributed by atoms with E-state index in [1.807, 2.05) is 0 Å². The zero-order chi connectivity index (χ0) is 19.1. The van der Waals surface area contributed by atoms with Gasteiger partial charge in [0.05, 0.1) is 46.4 Å². The van der Waals surface area contributed by atoms with Gasteiger partial charge in [-0.3, -0.25) is 19.8 Å². The summed E-state index contributed by atoms with van der Waals surface area (Å²) in [5, 5.41) is 3.06. The number of nitrogens with zero attached hydrogens (tertiary/aromatic N) is 1. The Morgan fingerprint density at radius 2 is 1.85 bits per heavy atom. The van der Waals surface area contributed by atoms with Crippen LogP contribution in [0.25, 0.3) is 0 Å². The second kappa shape index (κ2) is 7.30. The van der Waals surface area contributed by atoms with Crippen LogP contribution in [0, 0.1) is 11.8 Å². The maximum atomic E-state index is 12.5. The van der Waals surface area contributed by atoms with Gasteiger partial charge in [0.25, 0.3) is 0 Å². The van der Waals surface area contributed by atoms with Gasteiger partial charge in [-0.15, -0.1) is 0 Å². The standard InChI is InChI=1S/C18H18Cl2N2O5/c19-9-3-1-4-10(15(9)20)21-18(25)26-8-2-7-22-16(23)13-11-5-6-12(27-11)14(13)17(22)24/h1,3-4,11-14H,2,5-8H2,(H,21,25). The van der Waals surface area contributed by atoms with Crippen molar-refractivity contribution in [2.24, 2.45) is 11.8 Å². The monoisotopic (exact) mass is 412 g/mol. The van der Waals surface area contributed by atoms with E-state index in [-0.39, 0.29) is 54.0 Å². The number of imide groups is 1. The van der Waals surface area contributed by atoms with Crippen molar-refractivity contribution in [2.75, 3.05) is 18.5 Å². The molecule has 4 rings (SSSR count). The molecule has 0 saturated carbocycles. The van der Waals surface area contributed by atoms with Crippen molar-refractivity contribution >= 4 is 46.8 Å². The van der Waals surface area contributed by atoms with Gasteiger partial charge >= 0.3 is 6.09 Å². The molecular weight excluding hydrogens is 395 g/mol. The lowest BCUT2D eigenvalue weighted by Crippen LogP contribution is -2.35. The van der Waals surface area contributed by atoms with Gasteiger partial charge in [-0.05, 0) is 31.4 Å². The number of benzene rings is 1. The van der Waals surface area contributed by atoms with Crippen LogP contribution in [0.4, 0.5) is 10.5 Å². The molecule has 4 unspecified atom stereocenters. The summed E-state index contributed by atoms with van der Waals surface area (Å²) in [6, 6.07) is 4.87. The zero-order valence-corrected chi connectivity index (χ0v) is 15.8. The summed E-state index contributed by atoms with van der Waals surface area (Å²) >= 11 is 11.9. The smallest absolute Gasteiger partial charge is 0.411 e. The highest BCUT2D eigenvalue weighted by Gasteiger charge is 2.62. The Morgan fingerprint density at radius 3 is 2.52 bits per heavy atom. The molecule has 3 heterocycles. The maximum Gasteiger partial charge on any atom is 0.411 e. The molecule has 1 aromatic carbocycles. The third-order valence-corrected chi connectivity index (χ3v) is 6.14. The normalized spacial score (nSPS) is 28.6. The summed E-state index contributed by atoms with van der Waals surface area (Å²) in [4.78, 5) is 38.2. The summed E-state index contributed by atoms with van der Waals surface area (Å²) in [5.74, 6) is -0.976. The first-order valence-electron chi connectivity index (χ1n) is 8.86. The van der Waals surface area contributed by atoms with Crippen LogP contribution in [0.15, 0.2) is 18.2 Å². The minimum atomic E-state index is -0.679. The lowest BCUT2D eigenvalue weighted by Gasteiger charge is -2.17. The summed E-state index contributed by atoms with van der Waals surface area (Å²) in [7, 11) is 0. The highest BCUT2D eigenvalue weighted by atomic mass is 35.5. The molecule has 144 valence electrons. The Morgan fingerprint density at radius 1 is 1.19 bits per heavy atom. The molecule has 3 aliphatic heterocycles. The summed E-state index contributed by atoms with van der Waals surface area (Å²) < 4.78 is 10.8. The van der Waals surface area contributed by atoms with E-state index in [2.05, 4.69) is 5.32 Å². The molecule has 9 heteroatoms. The van der Waals surface area contributed by atoms with E-state index in [9.17, 15) is 14.4 Å². The first kappa shape index (κ1) is 18.5. The lowest BCUT2D eigenvalue weighted by molar-refractivity contribution is -0.142. The Hall–Kier alpha value is -1.83. The molecule has 3 amide bonds. The van der Waals surface area contributed by atoms with Crippen molar-refractivity contribution in [1.29, 1.82) is 0 Å². The van der Waals surface area contributed by atoms with Crippen LogP contribution in [0.1, 0.15) is 19.3 Å². The number of hydrogen-bond donors (Lipinski definition) is 1. The first-order valence-corrected chi connectivity index (χ1v) is 9.61. The molecule has 0 aliphatic carbocycles. The van der Waals surface area contributed by atoms with Gasteiger partial charge in [-0.2, -0.15) is 0 Å². The molecule has 3 saturated heterocycles.